The van der Waals surface area contributed by atoms with Gasteiger partial charge in [0.05, 0.1) is 21.3 Å². The van der Waals surface area contributed by atoms with Crippen molar-refractivity contribution in [1.29, 1.82) is 5.26 Å². The maximum absolute atomic E-state index is 13.1. The highest BCUT2D eigenvalue weighted by Gasteiger charge is 2.18. The number of nitriles is 1. The van der Waals surface area contributed by atoms with E-state index in [1.54, 1.807) is 46.9 Å². The first-order valence-corrected chi connectivity index (χ1v) is 12.2. The lowest BCUT2D eigenvalue weighted by molar-refractivity contribution is 0.101. The number of benzene rings is 2. The molecule has 0 radical (unpaired) electrons. The van der Waals surface area contributed by atoms with Gasteiger partial charge in [0.1, 0.15) is 18.2 Å². The molecule has 0 unspecified atom stereocenters. The van der Waals surface area contributed by atoms with E-state index < -0.39 is 5.91 Å². The first-order valence-electron chi connectivity index (χ1n) is 12.2. The van der Waals surface area contributed by atoms with Gasteiger partial charge in [0, 0.05) is 28.6 Å². The van der Waals surface area contributed by atoms with Crippen molar-refractivity contribution < 1.29 is 23.8 Å². The van der Waals surface area contributed by atoms with Crippen LogP contribution in [0.25, 0.3) is 5.65 Å². The lowest BCUT2D eigenvalue weighted by Gasteiger charge is -2.14. The van der Waals surface area contributed by atoms with E-state index in [1.165, 1.54) is 27.7 Å². The summed E-state index contributed by atoms with van der Waals surface area (Å²) < 4.78 is 17.5. The molecule has 0 atom stereocenters. The molecule has 2 amide bonds. The summed E-state index contributed by atoms with van der Waals surface area (Å²) in [6, 6.07) is 13.4. The lowest BCUT2D eigenvalue weighted by atomic mass is 10.1. The average Bonchev–Trinajstić information content (AvgIpc) is 3.38. The van der Waals surface area contributed by atoms with Gasteiger partial charge in [-0.2, -0.15) is 5.26 Å². The topological polar surface area (TPSA) is 140 Å². The van der Waals surface area contributed by atoms with Crippen molar-refractivity contribution in [2.45, 2.75) is 26.2 Å². The molecule has 0 aliphatic heterocycles. The normalized spacial score (nSPS) is 10.5. The summed E-state index contributed by atoms with van der Waals surface area (Å²) in [5, 5.41) is 15.1. The van der Waals surface area contributed by atoms with Crippen LogP contribution in [0.4, 0.5) is 11.5 Å². The van der Waals surface area contributed by atoms with Gasteiger partial charge in [-0.3, -0.25) is 14.0 Å². The first kappa shape index (κ1) is 26.9. The Morgan fingerprint density at radius 1 is 0.949 bits per heavy atom. The zero-order valence-corrected chi connectivity index (χ0v) is 22.1. The zero-order valence-electron chi connectivity index (χ0n) is 22.1. The number of ether oxygens (including phenoxy) is 3. The van der Waals surface area contributed by atoms with Gasteiger partial charge in [-0.1, -0.05) is 13.3 Å². The van der Waals surface area contributed by atoms with Gasteiger partial charge in [-0.05, 0) is 49.2 Å². The molecule has 0 saturated heterocycles. The molecule has 0 fully saturated rings. The second kappa shape index (κ2) is 12.0. The molecule has 0 spiro atoms. The van der Waals surface area contributed by atoms with Crippen LogP contribution in [-0.2, 0) is 6.42 Å². The molecular weight excluding hydrogens is 500 g/mol. The summed E-state index contributed by atoms with van der Waals surface area (Å²) in [6.45, 7) is 2.08. The van der Waals surface area contributed by atoms with Crippen LogP contribution in [0.2, 0.25) is 0 Å². The number of imidazole rings is 1. The molecule has 0 saturated carbocycles. The quantitative estimate of drug-likeness (QED) is 0.307. The van der Waals surface area contributed by atoms with Gasteiger partial charge in [0.15, 0.2) is 22.8 Å². The van der Waals surface area contributed by atoms with Gasteiger partial charge in [-0.15, -0.1) is 0 Å². The molecule has 2 aromatic carbocycles. The van der Waals surface area contributed by atoms with E-state index >= 15 is 0 Å². The van der Waals surface area contributed by atoms with Crippen molar-refractivity contribution in [3.05, 3.63) is 71.3 Å². The summed E-state index contributed by atoms with van der Waals surface area (Å²) in [5.74, 6) is 0.811. The molecule has 39 heavy (non-hydrogen) atoms. The number of rotatable bonds is 10. The fourth-order valence-electron chi connectivity index (χ4n) is 3.99. The number of nitrogens with zero attached hydrogens (tertiary/aromatic N) is 4. The van der Waals surface area contributed by atoms with Gasteiger partial charge < -0.3 is 24.8 Å². The van der Waals surface area contributed by atoms with E-state index in [2.05, 4.69) is 27.5 Å². The van der Waals surface area contributed by atoms with Crippen molar-refractivity contribution in [2.24, 2.45) is 0 Å². The number of methoxy groups -OCH3 is 3. The van der Waals surface area contributed by atoms with Crippen LogP contribution in [0.5, 0.6) is 17.2 Å². The van der Waals surface area contributed by atoms with Crippen LogP contribution in [0, 0.1) is 11.3 Å². The van der Waals surface area contributed by atoms with E-state index in [9.17, 15) is 14.9 Å². The van der Waals surface area contributed by atoms with Gasteiger partial charge >= 0.3 is 0 Å². The second-order valence-corrected chi connectivity index (χ2v) is 8.53. The molecule has 0 aliphatic rings. The van der Waals surface area contributed by atoms with Crippen LogP contribution >= 0.6 is 0 Å². The van der Waals surface area contributed by atoms with E-state index in [0.29, 0.717) is 51.9 Å². The van der Waals surface area contributed by atoms with E-state index in [4.69, 9.17) is 14.2 Å². The molecule has 11 heteroatoms. The number of hydrogen-bond acceptors (Lipinski definition) is 8. The van der Waals surface area contributed by atoms with Crippen molar-refractivity contribution >= 4 is 29.0 Å². The number of carbonyl (C=O) groups excluding carboxylic acids is 2. The Kier molecular flexibility index (Phi) is 8.26. The van der Waals surface area contributed by atoms with Crippen molar-refractivity contribution in [3.8, 4) is 23.3 Å². The molecule has 0 aliphatic carbocycles. The van der Waals surface area contributed by atoms with Crippen LogP contribution in [0.1, 0.15) is 51.9 Å². The summed E-state index contributed by atoms with van der Waals surface area (Å²) in [4.78, 5) is 34.6. The van der Waals surface area contributed by atoms with Crippen LogP contribution in [-0.4, -0.2) is 47.5 Å². The molecule has 11 nitrogen and oxygen atoms in total. The third-order valence-electron chi connectivity index (χ3n) is 6.02. The summed E-state index contributed by atoms with van der Waals surface area (Å²) in [5.41, 5.74) is 2.53. The molecule has 4 rings (SSSR count). The lowest BCUT2D eigenvalue weighted by Crippen LogP contribution is -2.16. The highest BCUT2D eigenvalue weighted by Crippen LogP contribution is 2.38. The Labute approximate surface area is 225 Å². The third kappa shape index (κ3) is 5.75. The summed E-state index contributed by atoms with van der Waals surface area (Å²) in [7, 11) is 4.43. The number of amides is 2. The maximum atomic E-state index is 13.1. The van der Waals surface area contributed by atoms with Crippen LogP contribution in [0.3, 0.4) is 0 Å². The fourth-order valence-corrected chi connectivity index (χ4v) is 3.99. The number of anilines is 2. The van der Waals surface area contributed by atoms with Gasteiger partial charge in [0.2, 0.25) is 5.75 Å². The molecule has 2 heterocycles. The molecular formula is C28H28N6O5. The average molecular weight is 529 g/mol. The highest BCUT2D eigenvalue weighted by atomic mass is 16.5. The van der Waals surface area contributed by atoms with Crippen molar-refractivity contribution in [2.75, 3.05) is 32.0 Å². The maximum Gasteiger partial charge on any atom is 0.256 e. The number of aromatic nitrogens is 3. The SMILES string of the molecule is CCCCc1cc(NC(=O)c2ccc(NC(=O)c3cc(OC)c(OC)c(OC)c3)cc2)n2cnc(C#N)c2n1. The number of hydrogen-bond donors (Lipinski definition) is 2. The zero-order chi connectivity index (χ0) is 27.9. The first-order chi connectivity index (χ1) is 18.9. The van der Waals surface area contributed by atoms with Gasteiger partial charge in [0.25, 0.3) is 11.8 Å². The Balaban J connectivity index is 1.52. The number of fused-ring (bicyclic) bond motifs is 1. The van der Waals surface area contributed by atoms with Gasteiger partial charge in [-0.25, -0.2) is 9.97 Å². The standard InChI is InChI=1S/C28H28N6O5/c1-5-6-7-20-14-24(34-16-30-21(15-29)26(34)31-20)33-27(35)17-8-10-19(11-9-17)32-28(36)18-12-22(37-2)25(39-4)23(13-18)38-3/h8-14,16H,5-7H2,1-4H3,(H,32,36)(H,33,35). The van der Waals surface area contributed by atoms with Crippen LogP contribution < -0.4 is 24.8 Å². The Bertz CT molecular complexity index is 1530. The van der Waals surface area contributed by atoms with E-state index in [1.807, 2.05) is 6.07 Å². The minimum absolute atomic E-state index is 0.191. The predicted molar refractivity (Wildman–Crippen MR) is 145 cm³/mol. The Morgan fingerprint density at radius 3 is 2.21 bits per heavy atom. The smallest absolute Gasteiger partial charge is 0.256 e. The molecule has 4 aromatic rings. The Morgan fingerprint density at radius 2 is 1.62 bits per heavy atom. The van der Waals surface area contributed by atoms with Crippen LogP contribution in [0.15, 0.2) is 48.8 Å². The highest BCUT2D eigenvalue weighted by molar-refractivity contribution is 6.06. The monoisotopic (exact) mass is 528 g/mol. The largest absolute Gasteiger partial charge is 0.493 e. The molecule has 200 valence electrons. The summed E-state index contributed by atoms with van der Waals surface area (Å²) in [6.07, 6.45) is 4.09. The fraction of sp³-hybridized carbons (Fsp3) is 0.250. The number of unbranched alkanes of at least 4 members (excludes halogenated alkanes) is 1. The third-order valence-corrected chi connectivity index (χ3v) is 6.02. The molecule has 2 aromatic heterocycles. The molecule has 0 bridgehead atoms. The van der Waals surface area contributed by atoms with Crippen molar-refractivity contribution in [3.63, 3.8) is 0 Å². The predicted octanol–water partition coefficient (Wildman–Crippen LogP) is 4.47. The number of carbonyl (C=O) groups is 2. The van der Waals surface area contributed by atoms with E-state index in [0.717, 1.165) is 18.5 Å². The van der Waals surface area contributed by atoms with E-state index in [-0.39, 0.29) is 11.6 Å². The molecule has 2 N–H and O–H groups in total. The minimum Gasteiger partial charge on any atom is -0.493 e. The number of nitrogens with one attached hydrogen (secondary N) is 2. The number of aryl methyl sites for hydroxylation is 1. The second-order valence-electron chi connectivity index (χ2n) is 8.53. The minimum atomic E-state index is -0.390. The van der Waals surface area contributed by atoms with Crippen molar-refractivity contribution in [1.82, 2.24) is 14.4 Å². The summed E-state index contributed by atoms with van der Waals surface area (Å²) >= 11 is 0. The Hall–Kier alpha value is -5.11.